The van der Waals surface area contributed by atoms with Crippen LogP contribution in [-0.4, -0.2) is 39.5 Å². The zero-order valence-electron chi connectivity index (χ0n) is 12.1. The second kappa shape index (κ2) is 6.47. The molecule has 1 aromatic rings. The largest absolute Gasteiger partial charge is 0.508 e. The first-order valence-electron chi connectivity index (χ1n) is 7.10. The van der Waals surface area contributed by atoms with Crippen molar-refractivity contribution in [3.63, 3.8) is 0 Å². The van der Waals surface area contributed by atoms with Crippen molar-refractivity contribution in [3.05, 3.63) is 29.3 Å². The lowest BCUT2D eigenvalue weighted by Crippen LogP contribution is -2.44. The number of phenolic OH excluding ortho intramolecular Hbond substituents is 1. The second-order valence-electron chi connectivity index (χ2n) is 5.46. The first kappa shape index (κ1) is 15.2. The van der Waals surface area contributed by atoms with E-state index < -0.39 is 0 Å². The van der Waals surface area contributed by atoms with Crippen molar-refractivity contribution < 1.29 is 15.1 Å². The molecule has 2 rings (SSSR count). The molecule has 0 bridgehead atoms. The number of rotatable bonds is 4. The molecule has 1 aliphatic carbocycles. The van der Waals surface area contributed by atoms with Gasteiger partial charge >= 0.3 is 0 Å². The number of oxime groups is 1. The van der Waals surface area contributed by atoms with E-state index >= 15 is 0 Å². The van der Waals surface area contributed by atoms with Gasteiger partial charge in [0.1, 0.15) is 5.75 Å². The molecule has 0 spiro atoms. The van der Waals surface area contributed by atoms with Crippen molar-refractivity contribution in [1.29, 1.82) is 0 Å². The lowest BCUT2D eigenvalue weighted by Gasteiger charge is -2.28. The fourth-order valence-corrected chi connectivity index (χ4v) is 2.70. The molecule has 1 amide bonds. The fourth-order valence-electron chi connectivity index (χ4n) is 2.70. The summed E-state index contributed by atoms with van der Waals surface area (Å²) in [5.74, 6) is -0.105. The van der Waals surface area contributed by atoms with Crippen LogP contribution in [0.1, 0.15) is 41.6 Å². The number of nitrogens with zero attached hydrogens (tertiary/aromatic N) is 2. The van der Waals surface area contributed by atoms with Gasteiger partial charge < -0.3 is 20.9 Å². The highest BCUT2D eigenvalue weighted by molar-refractivity contribution is 5.97. The normalized spacial score (nSPS) is 16.1. The van der Waals surface area contributed by atoms with E-state index in [1.54, 1.807) is 24.0 Å². The molecular weight excluding hydrogens is 270 g/mol. The minimum Gasteiger partial charge on any atom is -0.508 e. The highest BCUT2D eigenvalue weighted by Crippen LogP contribution is 2.26. The third kappa shape index (κ3) is 3.45. The van der Waals surface area contributed by atoms with Crippen molar-refractivity contribution in [3.8, 4) is 5.75 Å². The van der Waals surface area contributed by atoms with Crippen LogP contribution in [0, 0.1) is 6.92 Å². The van der Waals surface area contributed by atoms with Gasteiger partial charge in [0.2, 0.25) is 0 Å². The van der Waals surface area contributed by atoms with Gasteiger partial charge in [-0.2, -0.15) is 0 Å². The Morgan fingerprint density at radius 1 is 1.43 bits per heavy atom. The van der Waals surface area contributed by atoms with Crippen molar-refractivity contribution in [2.75, 3.05) is 6.54 Å². The second-order valence-corrected chi connectivity index (χ2v) is 5.46. The Hall–Kier alpha value is -2.24. The van der Waals surface area contributed by atoms with E-state index in [1.807, 2.05) is 0 Å². The summed E-state index contributed by atoms with van der Waals surface area (Å²) in [5, 5.41) is 21.5. The monoisotopic (exact) mass is 291 g/mol. The minimum atomic E-state index is -0.205. The molecule has 0 saturated heterocycles. The Balaban J connectivity index is 2.25. The zero-order valence-corrected chi connectivity index (χ0v) is 12.1. The Kier molecular flexibility index (Phi) is 4.67. The Labute approximate surface area is 123 Å². The summed E-state index contributed by atoms with van der Waals surface area (Å²) in [6.07, 6.45) is 3.98. The van der Waals surface area contributed by atoms with Crippen LogP contribution in [0.25, 0.3) is 0 Å². The fraction of sp³-hybridized carbons (Fsp3) is 0.467. The van der Waals surface area contributed by atoms with Crippen LogP contribution in [0.2, 0.25) is 0 Å². The number of nitrogens with two attached hydrogens (primary N) is 1. The van der Waals surface area contributed by atoms with Crippen molar-refractivity contribution in [1.82, 2.24) is 4.90 Å². The van der Waals surface area contributed by atoms with Crippen LogP contribution < -0.4 is 5.73 Å². The maximum absolute atomic E-state index is 12.7. The van der Waals surface area contributed by atoms with Crippen LogP contribution >= 0.6 is 0 Å². The van der Waals surface area contributed by atoms with E-state index in [4.69, 9.17) is 10.9 Å². The van der Waals surface area contributed by atoms with Gasteiger partial charge in [0.15, 0.2) is 5.84 Å². The standard InChI is InChI=1S/C15H21N3O3/c1-10-6-7-11(8-13(10)19)15(20)18(9-14(16)17-21)12-4-2-3-5-12/h6-8,12,19,21H,2-5,9H2,1H3,(H2,16,17). The maximum Gasteiger partial charge on any atom is 0.254 e. The molecule has 0 aromatic heterocycles. The number of aromatic hydroxyl groups is 1. The first-order valence-corrected chi connectivity index (χ1v) is 7.10. The molecule has 1 aromatic carbocycles. The minimum absolute atomic E-state index is 0.00610. The van der Waals surface area contributed by atoms with Crippen LogP contribution in [0.5, 0.6) is 5.75 Å². The molecule has 0 atom stereocenters. The molecule has 114 valence electrons. The summed E-state index contributed by atoms with van der Waals surface area (Å²) < 4.78 is 0. The summed E-state index contributed by atoms with van der Waals surface area (Å²) in [6.45, 7) is 1.86. The molecule has 1 fully saturated rings. The highest BCUT2D eigenvalue weighted by atomic mass is 16.4. The van der Waals surface area contributed by atoms with Gasteiger partial charge in [-0.25, -0.2) is 0 Å². The predicted octanol–water partition coefficient (Wildman–Crippen LogP) is 1.83. The van der Waals surface area contributed by atoms with Crippen LogP contribution in [0.15, 0.2) is 23.4 Å². The van der Waals surface area contributed by atoms with E-state index in [-0.39, 0.29) is 30.1 Å². The van der Waals surface area contributed by atoms with E-state index in [2.05, 4.69) is 5.16 Å². The summed E-state index contributed by atoms with van der Waals surface area (Å²) >= 11 is 0. The molecule has 0 aliphatic heterocycles. The average molecular weight is 291 g/mol. The third-order valence-corrected chi connectivity index (χ3v) is 3.94. The number of hydrogen-bond donors (Lipinski definition) is 3. The number of aryl methyl sites for hydroxylation is 1. The van der Waals surface area contributed by atoms with E-state index in [9.17, 15) is 9.90 Å². The molecule has 6 heteroatoms. The third-order valence-electron chi connectivity index (χ3n) is 3.94. The van der Waals surface area contributed by atoms with Gasteiger partial charge in [0.25, 0.3) is 5.91 Å². The Morgan fingerprint density at radius 2 is 2.10 bits per heavy atom. The number of carbonyl (C=O) groups excluding carboxylic acids is 1. The van der Waals surface area contributed by atoms with Crippen LogP contribution in [0.3, 0.4) is 0 Å². The van der Waals surface area contributed by atoms with Crippen molar-refractivity contribution in [2.24, 2.45) is 10.9 Å². The smallest absolute Gasteiger partial charge is 0.254 e. The summed E-state index contributed by atoms with van der Waals surface area (Å²) in [5.41, 5.74) is 6.70. The molecule has 1 saturated carbocycles. The molecule has 21 heavy (non-hydrogen) atoms. The van der Waals surface area contributed by atoms with Crippen LogP contribution in [-0.2, 0) is 0 Å². The Bertz CT molecular complexity index is 551. The summed E-state index contributed by atoms with van der Waals surface area (Å²) in [6, 6.07) is 4.96. The topological polar surface area (TPSA) is 99.2 Å². The number of phenols is 1. The van der Waals surface area contributed by atoms with Crippen molar-refractivity contribution >= 4 is 11.7 Å². The van der Waals surface area contributed by atoms with Gasteiger partial charge in [-0.15, -0.1) is 0 Å². The molecule has 4 N–H and O–H groups in total. The first-order chi connectivity index (χ1) is 10.0. The van der Waals surface area contributed by atoms with Gasteiger partial charge in [0.05, 0.1) is 6.54 Å². The molecule has 6 nitrogen and oxygen atoms in total. The van der Waals surface area contributed by atoms with Crippen LogP contribution in [0.4, 0.5) is 0 Å². The Morgan fingerprint density at radius 3 is 2.67 bits per heavy atom. The van der Waals surface area contributed by atoms with Crippen molar-refractivity contribution in [2.45, 2.75) is 38.6 Å². The molecule has 0 radical (unpaired) electrons. The number of carbonyl (C=O) groups is 1. The van der Waals surface area contributed by atoms with Gasteiger partial charge in [-0.3, -0.25) is 4.79 Å². The average Bonchev–Trinajstić information content (AvgIpc) is 3.00. The number of hydrogen-bond acceptors (Lipinski definition) is 4. The van der Waals surface area contributed by atoms with Gasteiger partial charge in [-0.1, -0.05) is 24.1 Å². The lowest BCUT2D eigenvalue weighted by molar-refractivity contribution is 0.0712. The van der Waals surface area contributed by atoms with Gasteiger partial charge in [0, 0.05) is 11.6 Å². The highest BCUT2D eigenvalue weighted by Gasteiger charge is 2.28. The number of amides is 1. The summed E-state index contributed by atoms with van der Waals surface area (Å²) in [4.78, 5) is 14.3. The molecule has 0 heterocycles. The lowest BCUT2D eigenvalue weighted by atomic mass is 10.1. The predicted molar refractivity (Wildman–Crippen MR) is 79.5 cm³/mol. The van der Waals surface area contributed by atoms with E-state index in [0.717, 1.165) is 31.2 Å². The molecule has 1 aliphatic rings. The zero-order chi connectivity index (χ0) is 15.4. The number of benzene rings is 1. The molecule has 0 unspecified atom stereocenters. The van der Waals surface area contributed by atoms with Gasteiger partial charge in [-0.05, 0) is 37.5 Å². The van der Waals surface area contributed by atoms with E-state index in [0.29, 0.717) is 5.56 Å². The SMILES string of the molecule is Cc1ccc(C(=O)N(CC(N)=NO)C2CCCC2)cc1O. The number of amidine groups is 1. The quantitative estimate of drug-likeness (QED) is 0.341. The maximum atomic E-state index is 12.7. The van der Waals surface area contributed by atoms with E-state index in [1.165, 1.54) is 6.07 Å². The molecular formula is C15H21N3O3. The summed E-state index contributed by atoms with van der Waals surface area (Å²) in [7, 11) is 0.